The Morgan fingerprint density at radius 2 is 2.17 bits per heavy atom. The van der Waals surface area contributed by atoms with E-state index in [4.69, 9.17) is 4.52 Å². The number of rotatable bonds is 2. The highest BCUT2D eigenvalue weighted by Gasteiger charge is 2.51. The second-order valence-corrected chi connectivity index (χ2v) is 5.39. The Morgan fingerprint density at radius 3 is 2.67 bits per heavy atom. The largest absolute Gasteiger partial charge is 0.361 e. The van der Waals surface area contributed by atoms with Gasteiger partial charge in [0, 0.05) is 38.8 Å². The molecule has 1 aromatic rings. The first-order valence-corrected chi connectivity index (χ1v) is 6.18. The second kappa shape index (κ2) is 3.71. The van der Waals surface area contributed by atoms with Crippen LogP contribution in [0.5, 0.6) is 0 Å². The number of hydrogen-bond acceptors (Lipinski definition) is 4. The Bertz CT molecular complexity index is 471. The molecule has 0 unspecified atom stereocenters. The quantitative estimate of drug-likeness (QED) is 0.830. The van der Waals surface area contributed by atoms with Crippen molar-refractivity contribution in [2.45, 2.75) is 25.9 Å². The van der Waals surface area contributed by atoms with Gasteiger partial charge in [-0.15, -0.1) is 0 Å². The number of carbonyl (C=O) groups is 1. The molecule has 2 amide bonds. The maximum Gasteiger partial charge on any atom is 0.317 e. The fourth-order valence-electron chi connectivity index (χ4n) is 2.87. The fourth-order valence-corrected chi connectivity index (χ4v) is 2.87. The topological polar surface area (TPSA) is 61.6 Å². The summed E-state index contributed by atoms with van der Waals surface area (Å²) in [5.41, 5.74) is 2.13. The zero-order valence-corrected chi connectivity index (χ0v) is 11.0. The van der Waals surface area contributed by atoms with Gasteiger partial charge < -0.3 is 14.7 Å². The molecule has 0 radical (unpaired) electrons. The summed E-state index contributed by atoms with van der Waals surface area (Å²) in [6.07, 6.45) is 0. The monoisotopic (exact) mass is 250 g/mol. The number of aryl methyl sites for hydroxylation is 2. The molecule has 0 atom stereocenters. The van der Waals surface area contributed by atoms with Crippen LogP contribution in [-0.4, -0.2) is 53.2 Å². The van der Waals surface area contributed by atoms with E-state index in [0.29, 0.717) is 0 Å². The van der Waals surface area contributed by atoms with E-state index in [1.54, 1.807) is 0 Å². The lowest BCUT2D eigenvalue weighted by atomic mass is 9.89. The normalized spacial score (nSPS) is 22.4. The highest BCUT2D eigenvalue weighted by Crippen LogP contribution is 2.31. The molecule has 0 bridgehead atoms. The third-order valence-electron chi connectivity index (χ3n) is 4.18. The van der Waals surface area contributed by atoms with Gasteiger partial charge in [0.15, 0.2) is 0 Å². The number of nitrogens with one attached hydrogen (secondary N) is 1. The van der Waals surface area contributed by atoms with Crippen LogP contribution >= 0.6 is 0 Å². The van der Waals surface area contributed by atoms with E-state index in [1.165, 1.54) is 5.56 Å². The molecule has 0 aliphatic carbocycles. The minimum absolute atomic E-state index is 0.00391. The summed E-state index contributed by atoms with van der Waals surface area (Å²) in [6, 6.07) is 0.0342. The Labute approximate surface area is 106 Å². The van der Waals surface area contributed by atoms with Gasteiger partial charge in [0.1, 0.15) is 5.76 Å². The minimum atomic E-state index is -0.00391. The van der Waals surface area contributed by atoms with Crippen LogP contribution in [0.15, 0.2) is 4.52 Å². The maximum atomic E-state index is 11.5. The average molecular weight is 250 g/mol. The number of aromatic nitrogens is 1. The number of hydrogen-bond donors (Lipinski definition) is 1. The number of likely N-dealkylation sites (tertiary alicyclic amines) is 1. The summed E-state index contributed by atoms with van der Waals surface area (Å²) < 4.78 is 5.17. The molecule has 2 aliphatic heterocycles. The summed E-state index contributed by atoms with van der Waals surface area (Å²) in [5, 5.41) is 6.86. The molecule has 0 aromatic carbocycles. The zero-order chi connectivity index (χ0) is 12.9. The standard InChI is InChI=1S/C12H18N4O2/c1-8-10(9(2)18-14-8)4-16-6-12(7-16)5-13-11(17)15(12)3/h4-7H2,1-3H3,(H,13,17). The maximum absolute atomic E-state index is 11.5. The number of likely N-dealkylation sites (N-methyl/N-ethyl adjacent to an activating group) is 1. The summed E-state index contributed by atoms with van der Waals surface area (Å²) in [6.45, 7) is 7.33. The van der Waals surface area contributed by atoms with Crippen molar-refractivity contribution in [3.8, 4) is 0 Å². The Balaban J connectivity index is 1.65. The van der Waals surface area contributed by atoms with Crippen LogP contribution in [0.4, 0.5) is 4.79 Å². The number of urea groups is 1. The predicted molar refractivity (Wildman–Crippen MR) is 65.1 cm³/mol. The molecule has 2 fully saturated rings. The van der Waals surface area contributed by atoms with Gasteiger partial charge in [0.25, 0.3) is 0 Å². The molecule has 6 heteroatoms. The zero-order valence-electron chi connectivity index (χ0n) is 11.0. The molecule has 2 aliphatic rings. The first-order valence-electron chi connectivity index (χ1n) is 6.18. The average Bonchev–Trinajstić information content (AvgIpc) is 2.75. The van der Waals surface area contributed by atoms with Crippen molar-refractivity contribution in [3.05, 3.63) is 17.0 Å². The molecular weight excluding hydrogens is 232 g/mol. The van der Waals surface area contributed by atoms with Crippen molar-refractivity contribution in [3.63, 3.8) is 0 Å². The molecule has 3 rings (SSSR count). The number of carbonyl (C=O) groups excluding carboxylic acids is 1. The van der Waals surface area contributed by atoms with Gasteiger partial charge in [-0.1, -0.05) is 5.16 Å². The van der Waals surface area contributed by atoms with Gasteiger partial charge >= 0.3 is 6.03 Å². The van der Waals surface area contributed by atoms with Crippen LogP contribution in [0.2, 0.25) is 0 Å². The number of amides is 2. The summed E-state index contributed by atoms with van der Waals surface area (Å²) in [4.78, 5) is 15.6. The smallest absolute Gasteiger partial charge is 0.317 e. The van der Waals surface area contributed by atoms with Crippen molar-refractivity contribution < 1.29 is 9.32 Å². The van der Waals surface area contributed by atoms with E-state index < -0.39 is 0 Å². The fraction of sp³-hybridized carbons (Fsp3) is 0.667. The summed E-state index contributed by atoms with van der Waals surface area (Å²) in [7, 11) is 1.87. The van der Waals surface area contributed by atoms with Crippen LogP contribution in [0, 0.1) is 13.8 Å². The number of nitrogens with zero attached hydrogens (tertiary/aromatic N) is 3. The first kappa shape index (κ1) is 11.5. The van der Waals surface area contributed by atoms with Gasteiger partial charge in [-0.3, -0.25) is 4.90 Å². The van der Waals surface area contributed by atoms with Gasteiger partial charge in [0.05, 0.1) is 11.2 Å². The van der Waals surface area contributed by atoms with Crippen LogP contribution in [0.25, 0.3) is 0 Å². The molecular formula is C12H18N4O2. The molecule has 1 aromatic heterocycles. The molecule has 6 nitrogen and oxygen atoms in total. The highest BCUT2D eigenvalue weighted by molar-refractivity contribution is 5.78. The van der Waals surface area contributed by atoms with Gasteiger partial charge in [-0.05, 0) is 13.8 Å². The van der Waals surface area contributed by atoms with Crippen molar-refractivity contribution in [1.29, 1.82) is 0 Å². The van der Waals surface area contributed by atoms with Crippen molar-refractivity contribution in [2.24, 2.45) is 0 Å². The van der Waals surface area contributed by atoms with E-state index >= 15 is 0 Å². The Morgan fingerprint density at radius 1 is 1.44 bits per heavy atom. The molecule has 1 spiro atoms. The van der Waals surface area contributed by atoms with Crippen LogP contribution in [0.1, 0.15) is 17.0 Å². The molecule has 1 N–H and O–H groups in total. The Kier molecular flexibility index (Phi) is 2.38. The minimum Gasteiger partial charge on any atom is -0.361 e. The molecule has 2 saturated heterocycles. The van der Waals surface area contributed by atoms with E-state index in [0.717, 1.165) is 37.6 Å². The lowest BCUT2D eigenvalue weighted by Crippen LogP contribution is -2.68. The van der Waals surface area contributed by atoms with Gasteiger partial charge in [-0.25, -0.2) is 4.79 Å². The highest BCUT2D eigenvalue weighted by atomic mass is 16.5. The Hall–Kier alpha value is -1.56. The molecule has 98 valence electrons. The van der Waals surface area contributed by atoms with Crippen molar-refractivity contribution in [2.75, 3.05) is 26.7 Å². The van der Waals surface area contributed by atoms with Crippen molar-refractivity contribution in [1.82, 2.24) is 20.3 Å². The van der Waals surface area contributed by atoms with Crippen LogP contribution in [0.3, 0.4) is 0 Å². The summed E-state index contributed by atoms with van der Waals surface area (Å²) in [5.74, 6) is 0.891. The predicted octanol–water partition coefficient (Wildman–Crippen LogP) is 0.501. The first-order chi connectivity index (χ1) is 8.52. The van der Waals surface area contributed by atoms with E-state index in [9.17, 15) is 4.79 Å². The van der Waals surface area contributed by atoms with Crippen LogP contribution < -0.4 is 5.32 Å². The molecule has 0 saturated carbocycles. The lowest BCUT2D eigenvalue weighted by Gasteiger charge is -2.50. The third kappa shape index (κ3) is 1.52. The summed E-state index contributed by atoms with van der Waals surface area (Å²) >= 11 is 0. The lowest BCUT2D eigenvalue weighted by molar-refractivity contribution is -0.00140. The molecule has 18 heavy (non-hydrogen) atoms. The van der Waals surface area contributed by atoms with Gasteiger partial charge in [-0.2, -0.15) is 0 Å². The third-order valence-corrected chi connectivity index (χ3v) is 4.18. The van der Waals surface area contributed by atoms with E-state index in [-0.39, 0.29) is 11.6 Å². The SMILES string of the molecule is Cc1noc(C)c1CN1CC2(CNC(=O)N2C)C1. The second-order valence-electron chi connectivity index (χ2n) is 5.39. The molecule has 3 heterocycles. The van der Waals surface area contributed by atoms with Crippen molar-refractivity contribution >= 4 is 6.03 Å². The van der Waals surface area contributed by atoms with E-state index in [1.807, 2.05) is 25.8 Å². The van der Waals surface area contributed by atoms with E-state index in [2.05, 4.69) is 15.4 Å². The van der Waals surface area contributed by atoms with Gasteiger partial charge in [0.2, 0.25) is 0 Å². The van der Waals surface area contributed by atoms with Crippen LogP contribution in [-0.2, 0) is 6.54 Å².